The maximum Gasteiger partial charge on any atom is 0.416 e. The van der Waals surface area contributed by atoms with Gasteiger partial charge in [0, 0.05) is 30.2 Å². The van der Waals surface area contributed by atoms with Gasteiger partial charge in [-0.25, -0.2) is 0 Å². The molecule has 202 valence electrons. The van der Waals surface area contributed by atoms with E-state index in [9.17, 15) is 31.1 Å². The fourth-order valence-electron chi connectivity index (χ4n) is 5.41. The fraction of sp³-hybridized carbons (Fsp3) is 0.500. The summed E-state index contributed by atoms with van der Waals surface area (Å²) >= 11 is 0. The highest BCUT2D eigenvalue weighted by molar-refractivity contribution is 5.94. The van der Waals surface area contributed by atoms with E-state index in [1.54, 1.807) is 14.2 Å². The lowest BCUT2D eigenvalue weighted by atomic mass is 9.96. The molecule has 2 bridgehead atoms. The van der Waals surface area contributed by atoms with Crippen LogP contribution in [0.2, 0.25) is 0 Å². The van der Waals surface area contributed by atoms with Crippen LogP contribution in [0.1, 0.15) is 52.7 Å². The summed E-state index contributed by atoms with van der Waals surface area (Å²) in [6.45, 7) is 0.786. The number of ether oxygens (including phenoxy) is 2. The van der Waals surface area contributed by atoms with Crippen molar-refractivity contribution in [3.8, 4) is 11.5 Å². The van der Waals surface area contributed by atoms with E-state index >= 15 is 0 Å². The minimum absolute atomic E-state index is 0.0217. The van der Waals surface area contributed by atoms with E-state index in [1.165, 1.54) is 0 Å². The Morgan fingerprint density at radius 1 is 0.892 bits per heavy atom. The number of piperidine rings is 1. The van der Waals surface area contributed by atoms with Crippen LogP contribution in [0.5, 0.6) is 11.5 Å². The highest BCUT2D eigenvalue weighted by Crippen LogP contribution is 2.38. The van der Waals surface area contributed by atoms with Crippen molar-refractivity contribution < 1.29 is 40.6 Å². The third-order valence-electron chi connectivity index (χ3n) is 7.18. The van der Waals surface area contributed by atoms with Gasteiger partial charge in [0.05, 0.1) is 25.3 Å². The van der Waals surface area contributed by atoms with Gasteiger partial charge in [-0.3, -0.25) is 9.69 Å². The highest BCUT2D eigenvalue weighted by Gasteiger charge is 2.41. The number of nitrogens with one attached hydrogen (secondary N) is 1. The first kappa shape index (κ1) is 27.1. The normalized spacial score (nSPS) is 22.1. The first-order valence-corrected chi connectivity index (χ1v) is 12.0. The molecule has 0 aliphatic carbocycles. The van der Waals surface area contributed by atoms with Crippen LogP contribution in [0, 0.1) is 0 Å². The molecule has 2 heterocycles. The number of rotatable bonds is 7. The van der Waals surface area contributed by atoms with E-state index in [1.807, 2.05) is 18.2 Å². The van der Waals surface area contributed by atoms with Crippen molar-refractivity contribution in [2.45, 2.75) is 62.6 Å². The topological polar surface area (TPSA) is 50.8 Å². The molecule has 2 atom stereocenters. The van der Waals surface area contributed by atoms with Gasteiger partial charge in [0.15, 0.2) is 11.5 Å². The summed E-state index contributed by atoms with van der Waals surface area (Å²) in [5.74, 6) is 0.360. The molecule has 2 aromatic carbocycles. The summed E-state index contributed by atoms with van der Waals surface area (Å²) in [6.07, 6.45) is -6.23. The van der Waals surface area contributed by atoms with Crippen molar-refractivity contribution in [1.82, 2.24) is 10.2 Å². The molecule has 11 heteroatoms. The molecule has 37 heavy (non-hydrogen) atoms. The lowest BCUT2D eigenvalue weighted by molar-refractivity contribution is -0.143. The van der Waals surface area contributed by atoms with Crippen LogP contribution in [0.4, 0.5) is 26.3 Å². The molecular weight excluding hydrogens is 502 g/mol. The molecule has 0 saturated carbocycles. The van der Waals surface area contributed by atoms with Crippen LogP contribution in [-0.2, 0) is 18.8 Å². The molecule has 2 aromatic rings. The zero-order chi connectivity index (χ0) is 27.0. The average molecular weight is 531 g/mol. The van der Waals surface area contributed by atoms with Crippen molar-refractivity contribution >= 4 is 5.91 Å². The standard InChI is InChI=1S/C26H28F6N2O3/c1-36-22-6-3-15(9-23(22)37-2)7-8-34-20-4-5-21(34)14-19(13-20)33-24(35)16-10-17(25(27,28)29)12-18(11-16)26(30,31)32/h3,6,9-12,19-21H,4-5,7-8,13-14H2,1-2H3,(H,33,35). The van der Waals surface area contributed by atoms with Gasteiger partial charge >= 0.3 is 12.4 Å². The van der Waals surface area contributed by atoms with Gasteiger partial charge in [-0.2, -0.15) is 26.3 Å². The Kier molecular flexibility index (Phi) is 7.64. The highest BCUT2D eigenvalue weighted by atomic mass is 19.4. The minimum atomic E-state index is -5.01. The number of methoxy groups -OCH3 is 2. The molecule has 4 rings (SSSR count). The van der Waals surface area contributed by atoms with E-state index in [-0.39, 0.29) is 24.2 Å². The summed E-state index contributed by atoms with van der Waals surface area (Å²) in [5, 5.41) is 2.68. The number of alkyl halides is 6. The number of halogens is 6. The second kappa shape index (κ2) is 10.4. The second-order valence-electron chi connectivity index (χ2n) is 9.50. The summed E-state index contributed by atoms with van der Waals surface area (Å²) in [4.78, 5) is 15.1. The number of fused-ring (bicyclic) bond motifs is 2. The van der Waals surface area contributed by atoms with Gasteiger partial charge in [-0.15, -0.1) is 0 Å². The molecular formula is C26H28F6N2O3. The van der Waals surface area contributed by atoms with Crippen molar-refractivity contribution in [3.63, 3.8) is 0 Å². The first-order chi connectivity index (χ1) is 17.4. The minimum Gasteiger partial charge on any atom is -0.493 e. The molecule has 1 N–H and O–H groups in total. The Morgan fingerprint density at radius 2 is 1.46 bits per heavy atom. The molecule has 1 amide bonds. The molecule has 0 aromatic heterocycles. The predicted octanol–water partition coefficient (Wildman–Crippen LogP) is 5.71. The van der Waals surface area contributed by atoms with E-state index < -0.39 is 35.0 Å². The van der Waals surface area contributed by atoms with E-state index in [0.29, 0.717) is 36.5 Å². The van der Waals surface area contributed by atoms with Gasteiger partial charge in [0.2, 0.25) is 0 Å². The Morgan fingerprint density at radius 3 is 1.97 bits per heavy atom. The van der Waals surface area contributed by atoms with Crippen LogP contribution >= 0.6 is 0 Å². The predicted molar refractivity (Wildman–Crippen MR) is 124 cm³/mol. The molecule has 2 fully saturated rings. The number of carbonyl (C=O) groups excluding carboxylic acids is 1. The number of carbonyl (C=O) groups is 1. The van der Waals surface area contributed by atoms with E-state index in [4.69, 9.17) is 9.47 Å². The van der Waals surface area contributed by atoms with Crippen molar-refractivity contribution in [2.24, 2.45) is 0 Å². The Labute approximate surface area is 210 Å². The zero-order valence-corrected chi connectivity index (χ0v) is 20.4. The lowest BCUT2D eigenvalue weighted by Gasteiger charge is -2.39. The molecule has 0 spiro atoms. The second-order valence-corrected chi connectivity index (χ2v) is 9.50. The van der Waals surface area contributed by atoms with Gasteiger partial charge in [0.25, 0.3) is 5.91 Å². The first-order valence-electron chi connectivity index (χ1n) is 12.0. The fourth-order valence-corrected chi connectivity index (χ4v) is 5.41. The van der Waals surface area contributed by atoms with Crippen LogP contribution in [-0.4, -0.2) is 49.7 Å². The lowest BCUT2D eigenvalue weighted by Crippen LogP contribution is -2.50. The summed E-state index contributed by atoms with van der Waals surface area (Å²) in [7, 11) is 3.14. The summed E-state index contributed by atoms with van der Waals surface area (Å²) in [6, 6.07) is 6.74. The van der Waals surface area contributed by atoms with Crippen LogP contribution in [0.3, 0.4) is 0 Å². The molecule has 2 saturated heterocycles. The van der Waals surface area contributed by atoms with Gasteiger partial charge < -0.3 is 14.8 Å². The summed E-state index contributed by atoms with van der Waals surface area (Å²) in [5.41, 5.74) is -2.57. The SMILES string of the molecule is COc1ccc(CCN2C3CCC2CC(NC(=O)c2cc(C(F)(F)F)cc(C(F)(F)F)c2)C3)cc1OC. The van der Waals surface area contributed by atoms with Crippen molar-refractivity contribution in [3.05, 3.63) is 58.7 Å². The maximum absolute atomic E-state index is 13.2. The third-order valence-corrected chi connectivity index (χ3v) is 7.18. The largest absolute Gasteiger partial charge is 0.493 e. The van der Waals surface area contributed by atoms with E-state index in [2.05, 4.69) is 10.2 Å². The molecule has 0 radical (unpaired) electrons. The van der Waals surface area contributed by atoms with E-state index in [0.717, 1.165) is 31.4 Å². The van der Waals surface area contributed by atoms with Crippen LogP contribution in [0.25, 0.3) is 0 Å². The number of hydrogen-bond acceptors (Lipinski definition) is 4. The maximum atomic E-state index is 13.2. The Hall–Kier alpha value is -2.95. The Bertz CT molecular complexity index is 1090. The third kappa shape index (κ3) is 6.14. The smallest absolute Gasteiger partial charge is 0.416 e. The number of benzene rings is 2. The van der Waals surface area contributed by atoms with Gasteiger partial charge in [-0.05, 0) is 68.0 Å². The summed E-state index contributed by atoms with van der Waals surface area (Å²) < 4.78 is 89.6. The zero-order valence-electron chi connectivity index (χ0n) is 20.4. The molecule has 5 nitrogen and oxygen atoms in total. The van der Waals surface area contributed by atoms with Gasteiger partial charge in [-0.1, -0.05) is 6.07 Å². The quantitative estimate of drug-likeness (QED) is 0.466. The number of hydrogen-bond donors (Lipinski definition) is 1. The monoisotopic (exact) mass is 530 g/mol. The van der Waals surface area contributed by atoms with Crippen molar-refractivity contribution in [1.29, 1.82) is 0 Å². The van der Waals surface area contributed by atoms with Crippen molar-refractivity contribution in [2.75, 3.05) is 20.8 Å². The number of amides is 1. The molecule has 2 aliphatic heterocycles. The van der Waals surface area contributed by atoms with Crippen LogP contribution in [0.15, 0.2) is 36.4 Å². The van der Waals surface area contributed by atoms with Crippen LogP contribution < -0.4 is 14.8 Å². The number of nitrogens with zero attached hydrogens (tertiary/aromatic N) is 1. The molecule has 2 unspecified atom stereocenters. The Balaban J connectivity index is 1.41. The van der Waals surface area contributed by atoms with Gasteiger partial charge in [0.1, 0.15) is 0 Å². The molecule has 2 aliphatic rings. The average Bonchev–Trinajstić information content (AvgIpc) is 3.08.